The van der Waals surface area contributed by atoms with E-state index in [0.29, 0.717) is 5.41 Å². The number of rotatable bonds is 5. The first-order valence-corrected chi connectivity index (χ1v) is 8.04. The molecule has 106 valence electrons. The largest absolute Gasteiger partial charge is 0.319 e. The lowest BCUT2D eigenvalue weighted by molar-refractivity contribution is 0.0914. The average Bonchev–Trinajstić information content (AvgIpc) is 2.76. The van der Waals surface area contributed by atoms with Crippen LogP contribution in [0.25, 0.3) is 0 Å². The molecule has 2 nitrogen and oxygen atoms in total. The molecular weight excluding hydrogens is 220 g/mol. The minimum absolute atomic E-state index is 0.565. The van der Waals surface area contributed by atoms with Gasteiger partial charge < -0.3 is 10.2 Å². The van der Waals surface area contributed by atoms with Gasteiger partial charge in [-0.1, -0.05) is 33.1 Å². The van der Waals surface area contributed by atoms with Gasteiger partial charge in [0.25, 0.3) is 0 Å². The summed E-state index contributed by atoms with van der Waals surface area (Å²) < 4.78 is 0. The van der Waals surface area contributed by atoms with E-state index in [4.69, 9.17) is 0 Å². The molecule has 18 heavy (non-hydrogen) atoms. The van der Waals surface area contributed by atoms with Crippen LogP contribution in [0.15, 0.2) is 0 Å². The van der Waals surface area contributed by atoms with Crippen molar-refractivity contribution in [3.63, 3.8) is 0 Å². The molecule has 0 aromatic carbocycles. The van der Waals surface area contributed by atoms with E-state index in [2.05, 4.69) is 31.1 Å². The standard InChI is InChI=1S/C16H32N2/c1-4-15-7-9-18(11-15)13-16(12-17-3)8-5-6-14(2)10-16/h14-15,17H,4-13H2,1-3H3. The van der Waals surface area contributed by atoms with E-state index < -0.39 is 0 Å². The predicted molar refractivity (Wildman–Crippen MR) is 78.8 cm³/mol. The smallest absolute Gasteiger partial charge is 0.00504 e. The lowest BCUT2D eigenvalue weighted by atomic mass is 9.69. The van der Waals surface area contributed by atoms with Gasteiger partial charge in [0.05, 0.1) is 0 Å². The second-order valence-corrected chi connectivity index (χ2v) is 7.03. The lowest BCUT2D eigenvalue weighted by Crippen LogP contribution is -2.45. The Morgan fingerprint density at radius 1 is 1.33 bits per heavy atom. The highest BCUT2D eigenvalue weighted by atomic mass is 15.2. The molecule has 0 amide bonds. The summed E-state index contributed by atoms with van der Waals surface area (Å²) in [5.74, 6) is 1.90. The zero-order valence-corrected chi connectivity index (χ0v) is 12.7. The molecule has 3 unspecified atom stereocenters. The van der Waals surface area contributed by atoms with Crippen LogP contribution >= 0.6 is 0 Å². The Balaban J connectivity index is 1.93. The normalized spacial score (nSPS) is 38.2. The van der Waals surface area contributed by atoms with Gasteiger partial charge in [-0.15, -0.1) is 0 Å². The van der Waals surface area contributed by atoms with Crippen LogP contribution in [0.3, 0.4) is 0 Å². The summed E-state index contributed by atoms with van der Waals surface area (Å²) >= 11 is 0. The fourth-order valence-electron chi connectivity index (χ4n) is 4.37. The van der Waals surface area contributed by atoms with E-state index in [0.717, 1.165) is 11.8 Å². The van der Waals surface area contributed by atoms with Crippen LogP contribution in [0, 0.1) is 17.3 Å². The van der Waals surface area contributed by atoms with E-state index in [1.54, 1.807) is 0 Å². The summed E-state index contributed by atoms with van der Waals surface area (Å²) in [6.07, 6.45) is 8.55. The third kappa shape index (κ3) is 3.48. The van der Waals surface area contributed by atoms with E-state index in [9.17, 15) is 0 Å². The van der Waals surface area contributed by atoms with Gasteiger partial charge in [0.15, 0.2) is 0 Å². The van der Waals surface area contributed by atoms with Crippen molar-refractivity contribution in [2.45, 2.75) is 52.4 Å². The van der Waals surface area contributed by atoms with E-state index in [1.807, 2.05) is 0 Å². The fourth-order valence-corrected chi connectivity index (χ4v) is 4.37. The van der Waals surface area contributed by atoms with Crippen molar-refractivity contribution in [1.29, 1.82) is 0 Å². The van der Waals surface area contributed by atoms with E-state index >= 15 is 0 Å². The second-order valence-electron chi connectivity index (χ2n) is 7.03. The fraction of sp³-hybridized carbons (Fsp3) is 1.00. The van der Waals surface area contributed by atoms with Crippen molar-refractivity contribution in [3.05, 3.63) is 0 Å². The summed E-state index contributed by atoms with van der Waals surface area (Å²) in [6.45, 7) is 10.1. The zero-order valence-electron chi connectivity index (χ0n) is 12.7. The van der Waals surface area contributed by atoms with Crippen LogP contribution in [-0.4, -0.2) is 38.1 Å². The first-order valence-electron chi connectivity index (χ1n) is 8.04. The van der Waals surface area contributed by atoms with Crippen LogP contribution in [0.4, 0.5) is 0 Å². The Kier molecular flexibility index (Phi) is 5.08. The van der Waals surface area contributed by atoms with Crippen molar-refractivity contribution in [2.75, 3.05) is 33.2 Å². The minimum atomic E-state index is 0.565. The van der Waals surface area contributed by atoms with Gasteiger partial charge in [-0.2, -0.15) is 0 Å². The highest BCUT2D eigenvalue weighted by Gasteiger charge is 2.37. The SMILES string of the molecule is CCC1CCN(CC2(CNC)CCCC(C)C2)C1. The molecule has 0 radical (unpaired) electrons. The van der Waals surface area contributed by atoms with Gasteiger partial charge in [-0.05, 0) is 50.1 Å². The van der Waals surface area contributed by atoms with Crippen molar-refractivity contribution in [1.82, 2.24) is 10.2 Å². The predicted octanol–water partition coefficient (Wildman–Crippen LogP) is 3.13. The molecular formula is C16H32N2. The van der Waals surface area contributed by atoms with Gasteiger partial charge in [0.2, 0.25) is 0 Å². The Morgan fingerprint density at radius 3 is 2.78 bits per heavy atom. The molecule has 2 heteroatoms. The van der Waals surface area contributed by atoms with Gasteiger partial charge in [-0.25, -0.2) is 0 Å². The molecule has 0 spiro atoms. The zero-order chi connectivity index (χ0) is 13.0. The maximum atomic E-state index is 3.47. The molecule has 2 rings (SSSR count). The molecule has 1 saturated heterocycles. The van der Waals surface area contributed by atoms with Gasteiger partial charge >= 0.3 is 0 Å². The molecule has 1 N–H and O–H groups in total. The third-order valence-electron chi connectivity index (χ3n) is 5.24. The van der Waals surface area contributed by atoms with Crippen LogP contribution in [0.1, 0.15) is 52.4 Å². The van der Waals surface area contributed by atoms with Crippen molar-refractivity contribution in [2.24, 2.45) is 17.3 Å². The van der Waals surface area contributed by atoms with Crippen molar-refractivity contribution < 1.29 is 0 Å². The average molecular weight is 252 g/mol. The summed E-state index contributed by atoms with van der Waals surface area (Å²) in [5.41, 5.74) is 0.565. The first kappa shape index (κ1) is 14.3. The molecule has 0 aromatic rings. The number of nitrogens with one attached hydrogen (secondary N) is 1. The maximum Gasteiger partial charge on any atom is 0.00504 e. The van der Waals surface area contributed by atoms with Crippen molar-refractivity contribution >= 4 is 0 Å². The van der Waals surface area contributed by atoms with Gasteiger partial charge in [0, 0.05) is 19.6 Å². The molecule has 3 atom stereocenters. The van der Waals surface area contributed by atoms with Crippen LogP contribution in [0.5, 0.6) is 0 Å². The molecule has 1 heterocycles. The highest BCUT2D eigenvalue weighted by molar-refractivity contribution is 4.91. The molecule has 0 aromatic heterocycles. The van der Waals surface area contributed by atoms with E-state index in [-0.39, 0.29) is 0 Å². The molecule has 1 aliphatic carbocycles. The number of hydrogen-bond acceptors (Lipinski definition) is 2. The van der Waals surface area contributed by atoms with Crippen molar-refractivity contribution in [3.8, 4) is 0 Å². The topological polar surface area (TPSA) is 15.3 Å². The van der Waals surface area contributed by atoms with E-state index in [1.165, 1.54) is 64.7 Å². The summed E-state index contributed by atoms with van der Waals surface area (Å²) in [5, 5.41) is 3.47. The van der Waals surface area contributed by atoms with Gasteiger partial charge in [0.1, 0.15) is 0 Å². The number of nitrogens with zero attached hydrogens (tertiary/aromatic N) is 1. The second kappa shape index (κ2) is 6.38. The molecule has 1 saturated carbocycles. The Hall–Kier alpha value is -0.0800. The lowest BCUT2D eigenvalue weighted by Gasteiger charge is -2.42. The van der Waals surface area contributed by atoms with Crippen LogP contribution in [0.2, 0.25) is 0 Å². The Morgan fingerprint density at radius 2 is 2.17 bits per heavy atom. The maximum absolute atomic E-state index is 3.47. The first-order chi connectivity index (χ1) is 8.67. The summed E-state index contributed by atoms with van der Waals surface area (Å²) in [4.78, 5) is 2.75. The highest BCUT2D eigenvalue weighted by Crippen LogP contribution is 2.40. The monoisotopic (exact) mass is 252 g/mol. The minimum Gasteiger partial charge on any atom is -0.319 e. The van der Waals surface area contributed by atoms with Crippen LogP contribution in [-0.2, 0) is 0 Å². The molecule has 1 aliphatic heterocycles. The third-order valence-corrected chi connectivity index (χ3v) is 5.24. The molecule has 0 bridgehead atoms. The van der Waals surface area contributed by atoms with Crippen LogP contribution < -0.4 is 5.32 Å². The molecule has 2 aliphatic rings. The number of hydrogen-bond donors (Lipinski definition) is 1. The number of likely N-dealkylation sites (tertiary alicyclic amines) is 1. The van der Waals surface area contributed by atoms with Gasteiger partial charge in [-0.3, -0.25) is 0 Å². The Labute approximate surface area is 114 Å². The summed E-state index contributed by atoms with van der Waals surface area (Å²) in [7, 11) is 2.12. The molecule has 2 fully saturated rings. The Bertz CT molecular complexity index is 249. The summed E-state index contributed by atoms with van der Waals surface area (Å²) in [6, 6.07) is 0. The quantitative estimate of drug-likeness (QED) is 0.808.